The third kappa shape index (κ3) is 4.18. The van der Waals surface area contributed by atoms with E-state index < -0.39 is 6.10 Å². The molecular weight excluding hydrogens is 367 g/mol. The van der Waals surface area contributed by atoms with Gasteiger partial charge in [-0.05, 0) is 49.0 Å². The first kappa shape index (κ1) is 19.1. The minimum atomic E-state index is -0.604. The van der Waals surface area contributed by atoms with E-state index in [0.29, 0.717) is 16.6 Å². The highest BCUT2D eigenvalue weighted by Gasteiger charge is 2.17. The van der Waals surface area contributed by atoms with Gasteiger partial charge in [0.25, 0.3) is 0 Å². The van der Waals surface area contributed by atoms with E-state index >= 15 is 0 Å². The van der Waals surface area contributed by atoms with Crippen LogP contribution in [0, 0.1) is 0 Å². The second kappa shape index (κ2) is 8.36. The Kier molecular flexibility index (Phi) is 6.15. The van der Waals surface area contributed by atoms with Gasteiger partial charge < -0.3 is 10.0 Å². The van der Waals surface area contributed by atoms with E-state index in [9.17, 15) is 5.11 Å². The monoisotopic (exact) mass is 388 g/mol. The average molecular weight is 389 g/mol. The molecule has 0 spiro atoms. The molecule has 0 radical (unpaired) electrons. The lowest BCUT2D eigenvalue weighted by molar-refractivity contribution is 0.120. The van der Waals surface area contributed by atoms with Gasteiger partial charge in [-0.25, -0.2) is 4.98 Å². The van der Waals surface area contributed by atoms with Gasteiger partial charge in [-0.2, -0.15) is 0 Å². The summed E-state index contributed by atoms with van der Waals surface area (Å²) >= 11 is 12.2. The number of aliphatic hydroxyl groups is 1. The van der Waals surface area contributed by atoms with Gasteiger partial charge in [-0.15, -0.1) is 0 Å². The zero-order valence-electron chi connectivity index (χ0n) is 14.9. The Balaban J connectivity index is 2.11. The largest absolute Gasteiger partial charge is 0.387 e. The van der Waals surface area contributed by atoms with Crippen LogP contribution in [0.4, 0.5) is 0 Å². The van der Waals surface area contributed by atoms with Crippen molar-refractivity contribution >= 4 is 34.1 Å². The normalized spacial score (nSPS) is 12.7. The molecule has 26 heavy (non-hydrogen) atoms. The number of halogens is 2. The molecule has 0 amide bonds. The van der Waals surface area contributed by atoms with Crippen molar-refractivity contribution < 1.29 is 5.11 Å². The molecule has 0 aliphatic heterocycles. The van der Waals surface area contributed by atoms with Crippen LogP contribution in [0.25, 0.3) is 22.2 Å². The second-order valence-electron chi connectivity index (χ2n) is 6.27. The first-order chi connectivity index (χ1) is 12.5. The van der Waals surface area contributed by atoms with Crippen molar-refractivity contribution in [2.75, 3.05) is 19.6 Å². The van der Waals surface area contributed by atoms with Crippen LogP contribution in [-0.2, 0) is 0 Å². The summed E-state index contributed by atoms with van der Waals surface area (Å²) in [6.07, 6.45) is -0.604. The maximum atomic E-state index is 10.9. The summed E-state index contributed by atoms with van der Waals surface area (Å²) in [5.41, 5.74) is 3.39. The molecule has 1 unspecified atom stereocenters. The number of likely N-dealkylation sites (N-methyl/N-ethyl adjacent to an activating group) is 1. The van der Waals surface area contributed by atoms with Crippen LogP contribution >= 0.6 is 23.2 Å². The molecule has 3 aromatic rings. The second-order valence-corrected chi connectivity index (χ2v) is 7.14. The number of aromatic nitrogens is 1. The van der Waals surface area contributed by atoms with Crippen molar-refractivity contribution in [1.29, 1.82) is 0 Å². The fourth-order valence-corrected chi connectivity index (χ4v) is 3.39. The fourth-order valence-electron chi connectivity index (χ4n) is 3.10. The summed E-state index contributed by atoms with van der Waals surface area (Å²) in [6, 6.07) is 15.1. The highest BCUT2D eigenvalue weighted by molar-refractivity contribution is 6.31. The van der Waals surface area contributed by atoms with Gasteiger partial charge in [-0.3, -0.25) is 0 Å². The molecule has 136 valence electrons. The molecular formula is C21H22Cl2N2O. The minimum absolute atomic E-state index is 0.578. The number of fused-ring (bicyclic) bond motifs is 1. The number of benzene rings is 2. The maximum absolute atomic E-state index is 10.9. The average Bonchev–Trinajstić information content (AvgIpc) is 2.65. The lowest BCUT2D eigenvalue weighted by Gasteiger charge is -2.23. The number of pyridine rings is 1. The number of hydrogen-bond acceptors (Lipinski definition) is 3. The summed E-state index contributed by atoms with van der Waals surface area (Å²) < 4.78 is 0. The van der Waals surface area contributed by atoms with Gasteiger partial charge in [0.05, 0.1) is 17.3 Å². The molecule has 0 aliphatic rings. The molecule has 0 bridgehead atoms. The molecule has 2 aromatic carbocycles. The maximum Gasteiger partial charge on any atom is 0.0924 e. The molecule has 1 heterocycles. The van der Waals surface area contributed by atoms with E-state index in [0.717, 1.165) is 40.8 Å². The third-order valence-electron chi connectivity index (χ3n) is 4.63. The van der Waals surface area contributed by atoms with Gasteiger partial charge in [0.15, 0.2) is 0 Å². The predicted molar refractivity (Wildman–Crippen MR) is 110 cm³/mol. The van der Waals surface area contributed by atoms with E-state index in [1.54, 1.807) is 0 Å². The highest BCUT2D eigenvalue weighted by atomic mass is 35.5. The molecule has 1 N–H and O–H groups in total. The summed E-state index contributed by atoms with van der Waals surface area (Å²) in [7, 11) is 0. The standard InChI is InChI=1S/C21H22Cl2N2O/c1-3-25(4-2)13-21(26)18-12-19(14-5-7-15(22)8-6-14)24-20-11-16(23)9-10-17(18)20/h5-12,21,26H,3-4,13H2,1-2H3. The molecule has 3 rings (SSSR count). The smallest absolute Gasteiger partial charge is 0.0924 e. The van der Waals surface area contributed by atoms with Crippen LogP contribution < -0.4 is 0 Å². The zero-order chi connectivity index (χ0) is 18.7. The SMILES string of the molecule is CCN(CC)CC(O)c1cc(-c2ccc(Cl)cc2)nc2cc(Cl)ccc12. The quantitative estimate of drug-likeness (QED) is 0.598. The summed E-state index contributed by atoms with van der Waals surface area (Å²) in [5.74, 6) is 0. The van der Waals surface area contributed by atoms with Crippen LogP contribution in [-0.4, -0.2) is 34.6 Å². The van der Waals surface area contributed by atoms with Gasteiger partial charge in [-0.1, -0.05) is 55.2 Å². The minimum Gasteiger partial charge on any atom is -0.387 e. The van der Waals surface area contributed by atoms with Crippen LogP contribution in [0.3, 0.4) is 0 Å². The van der Waals surface area contributed by atoms with Crippen LogP contribution in [0.2, 0.25) is 10.0 Å². The molecule has 0 fully saturated rings. The predicted octanol–water partition coefficient (Wildman–Crippen LogP) is 5.58. The van der Waals surface area contributed by atoms with Crippen LogP contribution in [0.1, 0.15) is 25.5 Å². The Labute approximate surface area is 164 Å². The summed E-state index contributed by atoms with van der Waals surface area (Å²) in [5, 5.41) is 13.1. The molecule has 0 aliphatic carbocycles. The lowest BCUT2D eigenvalue weighted by atomic mass is 10.00. The van der Waals surface area contributed by atoms with Crippen LogP contribution in [0.5, 0.6) is 0 Å². The Morgan fingerprint density at radius 1 is 0.962 bits per heavy atom. The van der Waals surface area contributed by atoms with Crippen molar-refractivity contribution in [2.24, 2.45) is 0 Å². The first-order valence-corrected chi connectivity index (χ1v) is 9.54. The number of nitrogens with zero attached hydrogens (tertiary/aromatic N) is 2. The fraction of sp³-hybridized carbons (Fsp3) is 0.286. The van der Waals surface area contributed by atoms with Crippen molar-refractivity contribution in [3.05, 3.63) is 64.1 Å². The molecule has 0 saturated carbocycles. The lowest BCUT2D eigenvalue weighted by Crippen LogP contribution is -2.28. The van der Waals surface area contributed by atoms with Gasteiger partial charge >= 0.3 is 0 Å². The van der Waals surface area contributed by atoms with Gasteiger partial charge in [0, 0.05) is 27.5 Å². The molecule has 1 atom stereocenters. The Morgan fingerprint density at radius 2 is 1.62 bits per heavy atom. The van der Waals surface area contributed by atoms with Gasteiger partial charge in [0.2, 0.25) is 0 Å². The molecule has 3 nitrogen and oxygen atoms in total. The first-order valence-electron chi connectivity index (χ1n) is 8.78. The van der Waals surface area contributed by atoms with E-state index in [4.69, 9.17) is 28.2 Å². The van der Waals surface area contributed by atoms with Crippen molar-refractivity contribution in [2.45, 2.75) is 20.0 Å². The number of aliphatic hydroxyl groups excluding tert-OH is 1. The molecule has 1 aromatic heterocycles. The van der Waals surface area contributed by atoms with Gasteiger partial charge in [0.1, 0.15) is 0 Å². The van der Waals surface area contributed by atoms with Crippen molar-refractivity contribution in [3.63, 3.8) is 0 Å². The van der Waals surface area contributed by atoms with E-state index in [2.05, 4.69) is 18.7 Å². The van der Waals surface area contributed by atoms with E-state index in [1.807, 2.05) is 48.5 Å². The topological polar surface area (TPSA) is 36.4 Å². The summed E-state index contributed by atoms with van der Waals surface area (Å²) in [4.78, 5) is 6.95. The van der Waals surface area contributed by atoms with Crippen LogP contribution in [0.15, 0.2) is 48.5 Å². The van der Waals surface area contributed by atoms with E-state index in [-0.39, 0.29) is 0 Å². The van der Waals surface area contributed by atoms with Crippen molar-refractivity contribution in [3.8, 4) is 11.3 Å². The Bertz CT molecular complexity index is 892. The summed E-state index contributed by atoms with van der Waals surface area (Å²) in [6.45, 7) is 6.56. The number of hydrogen-bond donors (Lipinski definition) is 1. The molecule has 5 heteroatoms. The molecule has 0 saturated heterocycles. The third-order valence-corrected chi connectivity index (χ3v) is 5.12. The Morgan fingerprint density at radius 3 is 2.27 bits per heavy atom. The highest BCUT2D eigenvalue weighted by Crippen LogP contribution is 2.31. The Hall–Kier alpha value is -1.65. The number of rotatable bonds is 6. The zero-order valence-corrected chi connectivity index (χ0v) is 16.4. The van der Waals surface area contributed by atoms with Crippen molar-refractivity contribution in [1.82, 2.24) is 9.88 Å². The van der Waals surface area contributed by atoms with E-state index in [1.165, 1.54) is 0 Å².